The van der Waals surface area contributed by atoms with Gasteiger partial charge in [-0.25, -0.2) is 0 Å². The molecular formula is C18H20N2O. The molecule has 3 rings (SSSR count). The molecule has 3 nitrogen and oxygen atoms in total. The van der Waals surface area contributed by atoms with Gasteiger partial charge in [0.1, 0.15) is 0 Å². The van der Waals surface area contributed by atoms with Gasteiger partial charge in [0.15, 0.2) is 0 Å². The highest BCUT2D eigenvalue weighted by atomic mass is 16.1. The molecule has 0 unspecified atom stereocenters. The van der Waals surface area contributed by atoms with Gasteiger partial charge in [0, 0.05) is 30.6 Å². The molecule has 1 aliphatic rings. The third-order valence-corrected chi connectivity index (χ3v) is 4.03. The molecule has 1 amide bonds. The van der Waals surface area contributed by atoms with Crippen LogP contribution >= 0.6 is 0 Å². The van der Waals surface area contributed by atoms with Crippen molar-refractivity contribution >= 4 is 5.91 Å². The number of rotatable bonds is 4. The van der Waals surface area contributed by atoms with Gasteiger partial charge in [0.05, 0.1) is 0 Å². The Morgan fingerprint density at radius 2 is 1.67 bits per heavy atom. The molecule has 0 radical (unpaired) electrons. The highest BCUT2D eigenvalue weighted by molar-refractivity contribution is 5.94. The van der Waals surface area contributed by atoms with Gasteiger partial charge in [0.25, 0.3) is 5.91 Å². The average Bonchev–Trinajstić information content (AvgIpc) is 2.52. The Kier molecular flexibility index (Phi) is 3.76. The molecule has 1 saturated heterocycles. The van der Waals surface area contributed by atoms with Crippen molar-refractivity contribution in [3.8, 4) is 11.1 Å². The first-order valence-corrected chi connectivity index (χ1v) is 7.31. The summed E-state index contributed by atoms with van der Waals surface area (Å²) in [6.07, 6.45) is 0. The maximum atomic E-state index is 12.1. The van der Waals surface area contributed by atoms with E-state index in [1.54, 1.807) is 0 Å². The molecule has 2 N–H and O–H groups in total. The molecule has 0 aliphatic carbocycles. The molecule has 3 heteroatoms. The number of hydrogen-bond acceptors (Lipinski definition) is 2. The van der Waals surface area contributed by atoms with E-state index in [0.717, 1.165) is 30.8 Å². The topological polar surface area (TPSA) is 41.1 Å². The van der Waals surface area contributed by atoms with E-state index in [9.17, 15) is 4.79 Å². The summed E-state index contributed by atoms with van der Waals surface area (Å²) in [5.74, 6) is 0.00253. The van der Waals surface area contributed by atoms with Crippen LogP contribution in [0.4, 0.5) is 0 Å². The summed E-state index contributed by atoms with van der Waals surface area (Å²) in [5.41, 5.74) is 3.21. The predicted octanol–water partition coefficient (Wildman–Crippen LogP) is 2.69. The lowest BCUT2D eigenvalue weighted by atomic mass is 9.84. The second-order valence-electron chi connectivity index (χ2n) is 6.04. The molecule has 2 aromatic rings. The third-order valence-electron chi connectivity index (χ3n) is 4.03. The van der Waals surface area contributed by atoms with Crippen LogP contribution in [0.3, 0.4) is 0 Å². The number of nitrogens with one attached hydrogen (secondary N) is 2. The van der Waals surface area contributed by atoms with Crippen LogP contribution in [0.1, 0.15) is 17.3 Å². The molecule has 108 valence electrons. The minimum absolute atomic E-state index is 0.00253. The van der Waals surface area contributed by atoms with Crippen molar-refractivity contribution in [2.75, 3.05) is 19.6 Å². The maximum Gasteiger partial charge on any atom is 0.251 e. The van der Waals surface area contributed by atoms with Gasteiger partial charge < -0.3 is 10.6 Å². The number of carbonyl (C=O) groups is 1. The SMILES string of the molecule is CC1(CNC(=O)c2ccc(-c3ccccc3)cc2)CNC1. The fourth-order valence-electron chi connectivity index (χ4n) is 2.52. The Bertz CT molecular complexity index is 615. The van der Waals surface area contributed by atoms with Crippen molar-refractivity contribution in [3.05, 3.63) is 60.2 Å². The van der Waals surface area contributed by atoms with Crippen molar-refractivity contribution < 1.29 is 4.79 Å². The molecule has 1 heterocycles. The zero-order chi connectivity index (χ0) is 14.7. The molecule has 0 spiro atoms. The Labute approximate surface area is 125 Å². The molecule has 1 aliphatic heterocycles. The van der Waals surface area contributed by atoms with Crippen molar-refractivity contribution in [1.82, 2.24) is 10.6 Å². The quantitative estimate of drug-likeness (QED) is 0.904. The van der Waals surface area contributed by atoms with Gasteiger partial charge in [-0.2, -0.15) is 0 Å². The Balaban J connectivity index is 1.65. The van der Waals surface area contributed by atoms with Gasteiger partial charge in [-0.15, -0.1) is 0 Å². The van der Waals surface area contributed by atoms with Crippen LogP contribution in [-0.2, 0) is 0 Å². The second-order valence-corrected chi connectivity index (χ2v) is 6.04. The number of hydrogen-bond donors (Lipinski definition) is 2. The summed E-state index contributed by atoms with van der Waals surface area (Å²) in [6, 6.07) is 17.9. The number of carbonyl (C=O) groups excluding carboxylic acids is 1. The largest absolute Gasteiger partial charge is 0.351 e. The first kappa shape index (κ1) is 13.8. The summed E-state index contributed by atoms with van der Waals surface area (Å²) in [7, 11) is 0. The van der Waals surface area contributed by atoms with E-state index >= 15 is 0 Å². The van der Waals surface area contributed by atoms with Gasteiger partial charge in [-0.05, 0) is 23.3 Å². The summed E-state index contributed by atoms with van der Waals surface area (Å²) < 4.78 is 0. The summed E-state index contributed by atoms with van der Waals surface area (Å²) in [5, 5.41) is 6.26. The van der Waals surface area contributed by atoms with Crippen molar-refractivity contribution in [3.63, 3.8) is 0 Å². The van der Waals surface area contributed by atoms with E-state index in [1.807, 2.05) is 42.5 Å². The lowest BCUT2D eigenvalue weighted by Gasteiger charge is -2.39. The first-order valence-electron chi connectivity index (χ1n) is 7.31. The van der Waals surface area contributed by atoms with Crippen molar-refractivity contribution in [1.29, 1.82) is 0 Å². The Morgan fingerprint density at radius 1 is 1.05 bits per heavy atom. The second kappa shape index (κ2) is 5.70. The van der Waals surface area contributed by atoms with Gasteiger partial charge in [0.2, 0.25) is 0 Å². The Morgan fingerprint density at radius 3 is 2.24 bits per heavy atom. The van der Waals surface area contributed by atoms with Crippen LogP contribution in [0.15, 0.2) is 54.6 Å². The minimum atomic E-state index is 0.00253. The number of amides is 1. The molecule has 21 heavy (non-hydrogen) atoms. The molecule has 0 saturated carbocycles. The normalized spacial score (nSPS) is 16.0. The summed E-state index contributed by atoms with van der Waals surface area (Å²) >= 11 is 0. The predicted molar refractivity (Wildman–Crippen MR) is 85.2 cm³/mol. The maximum absolute atomic E-state index is 12.1. The zero-order valence-corrected chi connectivity index (χ0v) is 12.2. The zero-order valence-electron chi connectivity index (χ0n) is 12.2. The summed E-state index contributed by atoms with van der Waals surface area (Å²) in [6.45, 7) is 4.85. The molecule has 1 fully saturated rings. The smallest absolute Gasteiger partial charge is 0.251 e. The minimum Gasteiger partial charge on any atom is -0.351 e. The molecule has 2 aromatic carbocycles. The highest BCUT2D eigenvalue weighted by Gasteiger charge is 2.31. The molecule has 0 bridgehead atoms. The highest BCUT2D eigenvalue weighted by Crippen LogP contribution is 2.21. The van der Waals surface area contributed by atoms with E-state index in [4.69, 9.17) is 0 Å². The van der Waals surface area contributed by atoms with Crippen LogP contribution in [0.5, 0.6) is 0 Å². The van der Waals surface area contributed by atoms with Crippen LogP contribution in [0, 0.1) is 5.41 Å². The van der Waals surface area contributed by atoms with Gasteiger partial charge in [-0.1, -0.05) is 49.4 Å². The monoisotopic (exact) mass is 280 g/mol. The average molecular weight is 280 g/mol. The van der Waals surface area contributed by atoms with Gasteiger partial charge in [-0.3, -0.25) is 4.79 Å². The lowest BCUT2D eigenvalue weighted by Crippen LogP contribution is -2.56. The van der Waals surface area contributed by atoms with Crippen LogP contribution in [0.25, 0.3) is 11.1 Å². The van der Waals surface area contributed by atoms with Crippen molar-refractivity contribution in [2.45, 2.75) is 6.92 Å². The Hall–Kier alpha value is -2.13. The molecular weight excluding hydrogens is 260 g/mol. The van der Waals surface area contributed by atoms with E-state index in [0.29, 0.717) is 5.56 Å². The third kappa shape index (κ3) is 3.14. The van der Waals surface area contributed by atoms with E-state index < -0.39 is 0 Å². The van der Waals surface area contributed by atoms with Crippen molar-refractivity contribution in [2.24, 2.45) is 5.41 Å². The fraction of sp³-hybridized carbons (Fsp3) is 0.278. The standard InChI is InChI=1S/C18H20N2O/c1-18(11-19-12-18)13-20-17(21)16-9-7-15(8-10-16)14-5-3-2-4-6-14/h2-10,19H,11-13H2,1H3,(H,20,21). The van der Waals surface area contributed by atoms with E-state index in [1.165, 1.54) is 0 Å². The fourth-order valence-corrected chi connectivity index (χ4v) is 2.52. The first-order chi connectivity index (χ1) is 10.2. The van der Waals surface area contributed by atoms with Crippen LogP contribution in [0.2, 0.25) is 0 Å². The summed E-state index contributed by atoms with van der Waals surface area (Å²) in [4.78, 5) is 12.1. The molecule has 0 atom stereocenters. The van der Waals surface area contributed by atoms with Gasteiger partial charge >= 0.3 is 0 Å². The van der Waals surface area contributed by atoms with E-state index in [-0.39, 0.29) is 11.3 Å². The number of benzene rings is 2. The van der Waals surface area contributed by atoms with Crippen LogP contribution in [-0.4, -0.2) is 25.5 Å². The lowest BCUT2D eigenvalue weighted by molar-refractivity contribution is 0.0912. The van der Waals surface area contributed by atoms with E-state index in [2.05, 4.69) is 29.7 Å². The molecule has 0 aromatic heterocycles. The van der Waals surface area contributed by atoms with Crippen LogP contribution < -0.4 is 10.6 Å².